The second kappa shape index (κ2) is 9.92. The fourth-order valence-electron chi connectivity index (χ4n) is 4.13. The molecule has 34 heavy (non-hydrogen) atoms. The molecule has 178 valence electrons. The molecule has 10 nitrogen and oxygen atoms in total. The number of methoxy groups -OCH3 is 3. The Balaban J connectivity index is 1.57. The number of pyridine rings is 1. The number of carbonyl (C=O) groups excluding carboxylic acids is 3. The second-order valence-corrected chi connectivity index (χ2v) is 7.77. The summed E-state index contributed by atoms with van der Waals surface area (Å²) in [6.45, 7) is 1.35. The van der Waals surface area contributed by atoms with E-state index in [2.05, 4.69) is 4.98 Å². The fraction of sp³-hybridized carbons (Fsp3) is 0.333. The normalized spacial score (nSPS) is 13.7. The number of ether oxygens (including phenoxy) is 3. The molecule has 0 saturated carbocycles. The van der Waals surface area contributed by atoms with Gasteiger partial charge in [-0.1, -0.05) is 18.2 Å². The summed E-state index contributed by atoms with van der Waals surface area (Å²) in [4.78, 5) is 46.6. The first kappa shape index (κ1) is 23.2. The predicted molar refractivity (Wildman–Crippen MR) is 123 cm³/mol. The van der Waals surface area contributed by atoms with Crippen molar-refractivity contribution in [1.82, 2.24) is 19.4 Å². The third-order valence-corrected chi connectivity index (χ3v) is 5.82. The number of Topliss-reactive ketones (excluding diaryl/α,β-unsaturated/α-hetero) is 1. The number of fused-ring (bicyclic) bond motifs is 1. The van der Waals surface area contributed by atoms with Crippen LogP contribution in [0.4, 0.5) is 0 Å². The largest absolute Gasteiger partial charge is 0.494 e. The van der Waals surface area contributed by atoms with Crippen molar-refractivity contribution in [2.24, 2.45) is 0 Å². The van der Waals surface area contributed by atoms with E-state index in [1.54, 1.807) is 27.8 Å². The third kappa shape index (κ3) is 4.19. The van der Waals surface area contributed by atoms with E-state index < -0.39 is 11.7 Å². The Kier molecular flexibility index (Phi) is 6.78. The van der Waals surface area contributed by atoms with Gasteiger partial charge < -0.3 is 28.6 Å². The van der Waals surface area contributed by atoms with Gasteiger partial charge in [0.05, 0.1) is 31.4 Å². The zero-order valence-electron chi connectivity index (χ0n) is 19.3. The van der Waals surface area contributed by atoms with E-state index in [4.69, 9.17) is 14.2 Å². The molecule has 0 bridgehead atoms. The van der Waals surface area contributed by atoms with Crippen LogP contribution in [0, 0.1) is 0 Å². The lowest BCUT2D eigenvalue weighted by Crippen LogP contribution is -2.52. The number of ketones is 1. The smallest absolute Gasteiger partial charge is 0.295 e. The van der Waals surface area contributed by atoms with E-state index in [1.165, 1.54) is 32.4 Å². The van der Waals surface area contributed by atoms with Gasteiger partial charge in [-0.3, -0.25) is 14.4 Å². The second-order valence-electron chi connectivity index (χ2n) is 7.77. The van der Waals surface area contributed by atoms with Crippen LogP contribution < -0.4 is 9.47 Å². The highest BCUT2D eigenvalue weighted by Gasteiger charge is 2.32. The number of aromatic nitrogens is 2. The number of rotatable bonds is 7. The Bertz CT molecular complexity index is 1220. The molecular weight excluding hydrogens is 440 g/mol. The van der Waals surface area contributed by atoms with Gasteiger partial charge in [-0.05, 0) is 12.1 Å². The van der Waals surface area contributed by atoms with Gasteiger partial charge in [0.25, 0.3) is 17.6 Å². The van der Waals surface area contributed by atoms with Crippen molar-refractivity contribution >= 4 is 28.5 Å². The molecule has 0 unspecified atom stereocenters. The van der Waals surface area contributed by atoms with Crippen molar-refractivity contribution in [1.29, 1.82) is 0 Å². The van der Waals surface area contributed by atoms with Crippen LogP contribution in [0.3, 0.4) is 0 Å². The molecule has 0 radical (unpaired) electrons. The molecular formula is C24H26N4O6. The molecule has 1 aliphatic heterocycles. The van der Waals surface area contributed by atoms with Crippen LogP contribution in [0.2, 0.25) is 0 Å². The molecule has 4 rings (SSSR count). The van der Waals surface area contributed by atoms with Gasteiger partial charge in [-0.25, -0.2) is 4.98 Å². The lowest BCUT2D eigenvalue weighted by Gasteiger charge is -2.34. The molecule has 2 aromatic heterocycles. The van der Waals surface area contributed by atoms with Gasteiger partial charge in [-0.15, -0.1) is 0 Å². The van der Waals surface area contributed by atoms with E-state index in [-0.39, 0.29) is 37.2 Å². The Morgan fingerprint density at radius 1 is 0.941 bits per heavy atom. The maximum atomic E-state index is 13.3. The number of nitrogens with zero attached hydrogens (tertiary/aromatic N) is 4. The van der Waals surface area contributed by atoms with Gasteiger partial charge in [-0.2, -0.15) is 0 Å². The molecule has 3 aromatic rings. The molecule has 0 atom stereocenters. The van der Waals surface area contributed by atoms with Crippen LogP contribution in [0.15, 0.2) is 42.7 Å². The number of carbonyl (C=O) groups is 3. The van der Waals surface area contributed by atoms with Crippen LogP contribution in [-0.4, -0.2) is 84.5 Å². The lowest BCUT2D eigenvalue weighted by molar-refractivity contribution is -0.127. The Labute approximate surface area is 196 Å². The number of piperazine rings is 1. The highest BCUT2D eigenvalue weighted by atomic mass is 16.5. The molecule has 0 spiro atoms. The predicted octanol–water partition coefficient (Wildman–Crippen LogP) is 1.82. The van der Waals surface area contributed by atoms with Gasteiger partial charge >= 0.3 is 0 Å². The fourth-order valence-corrected chi connectivity index (χ4v) is 4.13. The van der Waals surface area contributed by atoms with Gasteiger partial charge in [0.1, 0.15) is 18.0 Å². The summed E-state index contributed by atoms with van der Waals surface area (Å²) < 4.78 is 17.7. The molecule has 10 heteroatoms. The molecule has 0 aliphatic carbocycles. The summed E-state index contributed by atoms with van der Waals surface area (Å²) >= 11 is 0. The summed E-state index contributed by atoms with van der Waals surface area (Å²) in [5.74, 6) is -0.770. The highest BCUT2D eigenvalue weighted by molar-refractivity contribution is 6.45. The summed E-state index contributed by atoms with van der Waals surface area (Å²) in [6, 6.07) is 8.99. The average molecular weight is 466 g/mol. The maximum absolute atomic E-state index is 13.3. The molecule has 0 N–H and O–H groups in total. The number of benzene rings is 1. The van der Waals surface area contributed by atoms with Crippen molar-refractivity contribution < 1.29 is 28.6 Å². The lowest BCUT2D eigenvalue weighted by atomic mass is 10.1. The minimum Gasteiger partial charge on any atom is -0.494 e. The first-order valence-electron chi connectivity index (χ1n) is 10.8. The van der Waals surface area contributed by atoms with E-state index in [1.807, 2.05) is 18.2 Å². The Hall–Kier alpha value is -3.92. The zero-order chi connectivity index (χ0) is 24.2. The topological polar surface area (TPSA) is 103 Å². The minimum absolute atomic E-state index is 0.0917. The highest BCUT2D eigenvalue weighted by Crippen LogP contribution is 2.35. The van der Waals surface area contributed by atoms with Crippen molar-refractivity contribution in [2.45, 2.75) is 6.73 Å². The number of amides is 2. The molecule has 1 fully saturated rings. The molecule has 1 aromatic carbocycles. The van der Waals surface area contributed by atoms with Crippen LogP contribution in [0.5, 0.6) is 11.6 Å². The van der Waals surface area contributed by atoms with Crippen LogP contribution in [-0.2, 0) is 16.3 Å². The van der Waals surface area contributed by atoms with Crippen LogP contribution in [0.1, 0.15) is 20.7 Å². The minimum atomic E-state index is -0.672. The van der Waals surface area contributed by atoms with Gasteiger partial charge in [0, 0.05) is 45.0 Å². The Morgan fingerprint density at radius 2 is 1.62 bits per heavy atom. The number of hydrogen-bond acceptors (Lipinski definition) is 7. The SMILES string of the molecule is COCn1cc(C(=O)C(=O)N2CCN(C(=O)c3ccccc3)CC2)c2c(OC)cnc(OC)c21. The summed E-state index contributed by atoms with van der Waals surface area (Å²) in [5.41, 5.74) is 1.27. The van der Waals surface area contributed by atoms with E-state index >= 15 is 0 Å². The first-order valence-corrected chi connectivity index (χ1v) is 10.8. The van der Waals surface area contributed by atoms with E-state index in [0.717, 1.165) is 0 Å². The molecule has 3 heterocycles. The third-order valence-electron chi connectivity index (χ3n) is 5.82. The van der Waals surface area contributed by atoms with Crippen LogP contribution >= 0.6 is 0 Å². The molecule has 2 amide bonds. The zero-order valence-corrected chi connectivity index (χ0v) is 19.3. The van der Waals surface area contributed by atoms with E-state index in [9.17, 15) is 14.4 Å². The van der Waals surface area contributed by atoms with Crippen molar-refractivity contribution in [2.75, 3.05) is 47.5 Å². The number of hydrogen-bond donors (Lipinski definition) is 0. The average Bonchev–Trinajstić information content (AvgIpc) is 3.27. The van der Waals surface area contributed by atoms with Gasteiger partial charge in [0.15, 0.2) is 0 Å². The Morgan fingerprint density at radius 3 is 2.24 bits per heavy atom. The molecule has 1 saturated heterocycles. The van der Waals surface area contributed by atoms with Crippen LogP contribution in [0.25, 0.3) is 10.9 Å². The van der Waals surface area contributed by atoms with Crippen molar-refractivity contribution in [3.63, 3.8) is 0 Å². The summed E-state index contributed by atoms with van der Waals surface area (Å²) in [7, 11) is 4.46. The van der Waals surface area contributed by atoms with Crippen molar-refractivity contribution in [3.8, 4) is 11.6 Å². The maximum Gasteiger partial charge on any atom is 0.295 e. The van der Waals surface area contributed by atoms with Crippen molar-refractivity contribution in [3.05, 3.63) is 53.9 Å². The standard InChI is InChI=1S/C24H26N4O6/c1-32-15-28-14-17(19-18(33-2)13-25-22(34-3)20(19)28)21(29)24(31)27-11-9-26(10-12-27)23(30)16-7-5-4-6-8-16/h4-8,13-14H,9-12,15H2,1-3H3. The van der Waals surface area contributed by atoms with E-state index in [0.29, 0.717) is 35.3 Å². The monoisotopic (exact) mass is 466 g/mol. The summed E-state index contributed by atoms with van der Waals surface area (Å²) in [6.07, 6.45) is 3.00. The quantitative estimate of drug-likeness (QED) is 0.387. The van der Waals surface area contributed by atoms with Gasteiger partial charge in [0.2, 0.25) is 5.88 Å². The summed E-state index contributed by atoms with van der Waals surface area (Å²) in [5, 5.41) is 0.433. The first-order chi connectivity index (χ1) is 16.5. The molecule has 1 aliphatic rings.